The third-order valence-corrected chi connectivity index (χ3v) is 9.49. The topological polar surface area (TPSA) is 116 Å². The number of benzene rings is 3. The quantitative estimate of drug-likeness (QED) is 0.168. The van der Waals surface area contributed by atoms with Crippen LogP contribution in [0.3, 0.4) is 0 Å². The molecular weight excluding hydrogens is 647 g/mol. The summed E-state index contributed by atoms with van der Waals surface area (Å²) in [5.41, 5.74) is 14.6. The molecule has 52 heavy (non-hydrogen) atoms. The van der Waals surface area contributed by atoms with E-state index in [0.29, 0.717) is 16.7 Å². The zero-order chi connectivity index (χ0) is 35.2. The van der Waals surface area contributed by atoms with Crippen LogP contribution in [0.15, 0.2) is 126 Å². The number of aromatic nitrogens is 4. The van der Waals surface area contributed by atoms with Crippen molar-refractivity contribution in [2.24, 2.45) is 0 Å². The fraction of sp³-hybridized carbons (Fsp3) is 0.0455. The largest absolute Gasteiger partial charge is 0.497 e. The van der Waals surface area contributed by atoms with Gasteiger partial charge in [-0.05, 0) is 114 Å². The van der Waals surface area contributed by atoms with Gasteiger partial charge in [0.1, 0.15) is 22.7 Å². The molecule has 0 radical (unpaired) electrons. The highest BCUT2D eigenvalue weighted by atomic mass is 16.5. The lowest BCUT2D eigenvalue weighted by Gasteiger charge is -2.05. The smallest absolute Gasteiger partial charge is 0.137 e. The van der Waals surface area contributed by atoms with E-state index in [1.165, 1.54) is 0 Å². The number of furan rings is 1. The highest BCUT2D eigenvalue weighted by Crippen LogP contribution is 2.37. The molecule has 8 nitrogen and oxygen atoms in total. The summed E-state index contributed by atoms with van der Waals surface area (Å²) in [7, 11) is 3.33. The normalized spacial score (nSPS) is 11.6. The van der Waals surface area contributed by atoms with Crippen molar-refractivity contribution in [3.8, 4) is 50.9 Å². The lowest BCUT2D eigenvalue weighted by Crippen LogP contribution is -1.86. The lowest BCUT2D eigenvalue weighted by atomic mass is 10.0. The molecule has 9 rings (SSSR count). The molecule has 8 aromatic rings. The van der Waals surface area contributed by atoms with Gasteiger partial charge >= 0.3 is 0 Å². The van der Waals surface area contributed by atoms with Gasteiger partial charge in [-0.15, -0.1) is 0 Å². The van der Waals surface area contributed by atoms with Crippen LogP contribution in [0.5, 0.6) is 11.5 Å². The lowest BCUT2D eigenvalue weighted by molar-refractivity contribution is 0.415. The zero-order valence-electron chi connectivity index (χ0n) is 28.3. The van der Waals surface area contributed by atoms with Crippen molar-refractivity contribution in [1.82, 2.24) is 19.9 Å². The van der Waals surface area contributed by atoms with E-state index >= 15 is 0 Å². The van der Waals surface area contributed by atoms with E-state index in [0.717, 1.165) is 89.4 Å². The third-order valence-electron chi connectivity index (χ3n) is 9.49. The fourth-order valence-electron chi connectivity index (χ4n) is 6.87. The first-order valence-electron chi connectivity index (χ1n) is 16.8. The molecule has 0 spiro atoms. The van der Waals surface area contributed by atoms with Gasteiger partial charge in [0.05, 0.1) is 64.8 Å². The molecule has 1 aliphatic rings. The number of hydrogen-bond donors (Lipinski definition) is 3. The van der Waals surface area contributed by atoms with E-state index in [4.69, 9.17) is 18.9 Å². The average molecular weight is 678 g/mol. The van der Waals surface area contributed by atoms with Crippen molar-refractivity contribution < 1.29 is 13.9 Å². The van der Waals surface area contributed by atoms with Crippen molar-refractivity contribution in [1.29, 1.82) is 5.26 Å². The predicted octanol–water partition coefficient (Wildman–Crippen LogP) is 10.9. The minimum Gasteiger partial charge on any atom is -0.497 e. The highest BCUT2D eigenvalue weighted by molar-refractivity contribution is 5.99. The second-order valence-electron chi connectivity index (χ2n) is 12.5. The Morgan fingerprint density at radius 3 is 1.42 bits per heavy atom. The maximum Gasteiger partial charge on any atom is 0.137 e. The molecule has 0 saturated carbocycles. The Hall–Kier alpha value is -7.24. The van der Waals surface area contributed by atoms with Crippen molar-refractivity contribution in [2.45, 2.75) is 0 Å². The van der Waals surface area contributed by atoms with Crippen LogP contribution in [-0.2, 0) is 0 Å². The van der Waals surface area contributed by atoms with Gasteiger partial charge in [0.15, 0.2) is 0 Å². The number of nitrogens with one attached hydrogen (secondary N) is 3. The minimum atomic E-state index is 0.599. The van der Waals surface area contributed by atoms with Crippen molar-refractivity contribution in [3.05, 3.63) is 138 Å². The number of aromatic amines is 3. The van der Waals surface area contributed by atoms with Gasteiger partial charge in [-0.25, -0.2) is 4.98 Å². The van der Waals surface area contributed by atoms with Crippen LogP contribution in [-0.4, -0.2) is 34.2 Å². The highest BCUT2D eigenvalue weighted by Gasteiger charge is 2.15. The summed E-state index contributed by atoms with van der Waals surface area (Å²) >= 11 is 0. The molecule has 0 aliphatic carbocycles. The molecular formula is C44H31N5O3. The summed E-state index contributed by atoms with van der Waals surface area (Å²) in [6.07, 6.45) is 4.06. The molecule has 3 aromatic carbocycles. The maximum absolute atomic E-state index is 9.48. The molecule has 1 aliphatic heterocycles. The van der Waals surface area contributed by atoms with Crippen molar-refractivity contribution in [2.75, 3.05) is 14.2 Å². The van der Waals surface area contributed by atoms with Crippen LogP contribution in [0.4, 0.5) is 0 Å². The number of fused-ring (bicyclic) bond motifs is 12. The first kappa shape index (κ1) is 30.8. The van der Waals surface area contributed by atoms with Gasteiger partial charge in [0.2, 0.25) is 0 Å². The van der Waals surface area contributed by atoms with Crippen LogP contribution < -0.4 is 9.47 Å². The molecule has 6 heterocycles. The van der Waals surface area contributed by atoms with Gasteiger partial charge in [0.25, 0.3) is 0 Å². The number of H-pyrrole nitrogens is 3. The fourth-order valence-corrected chi connectivity index (χ4v) is 6.87. The average Bonchev–Trinajstić information content (AvgIpc) is 4.04. The summed E-state index contributed by atoms with van der Waals surface area (Å²) in [6.45, 7) is 0. The molecule has 8 heteroatoms. The third kappa shape index (κ3) is 5.38. The van der Waals surface area contributed by atoms with E-state index in [1.807, 2.05) is 103 Å². The van der Waals surface area contributed by atoms with E-state index in [9.17, 15) is 5.26 Å². The number of ether oxygens (including phenoxy) is 2. The van der Waals surface area contributed by atoms with E-state index in [1.54, 1.807) is 14.2 Å². The van der Waals surface area contributed by atoms with Crippen LogP contribution >= 0.6 is 0 Å². The molecule has 0 saturated heterocycles. The van der Waals surface area contributed by atoms with Crippen LogP contribution in [0.1, 0.15) is 17.0 Å². The number of methoxy groups -OCH3 is 2. The molecule has 0 amide bonds. The molecule has 3 N–H and O–H groups in total. The molecule has 250 valence electrons. The standard InChI is InChI=1S/C44H31N5O3/c1-50-30-11-7-28(8-12-30)43-38-21-17-34(48-38)32-15-19-36(46-32)42(27-5-3-26(25-45)4-6-27)37-20-16-33(47-37)35-18-22-39(49-35)44(41-24-23-40(43)52-41)29-9-13-31(51-2)14-10-29/h3-24,46,48-49H,1-2H3. The van der Waals surface area contributed by atoms with E-state index in [-0.39, 0.29) is 0 Å². The molecule has 0 unspecified atom stereocenters. The molecule has 10 bridgehead atoms. The van der Waals surface area contributed by atoms with Gasteiger partial charge in [-0.3, -0.25) is 0 Å². The molecule has 0 atom stereocenters. The first-order valence-corrected chi connectivity index (χ1v) is 16.8. The van der Waals surface area contributed by atoms with Gasteiger partial charge in [0, 0.05) is 22.2 Å². The minimum absolute atomic E-state index is 0.599. The number of nitrogens with zero attached hydrogens (tertiary/aromatic N) is 2. The van der Waals surface area contributed by atoms with Crippen LogP contribution in [0, 0.1) is 11.3 Å². The predicted molar refractivity (Wildman–Crippen MR) is 208 cm³/mol. The Kier molecular flexibility index (Phi) is 7.45. The molecule has 5 aromatic heterocycles. The summed E-state index contributed by atoms with van der Waals surface area (Å²) < 4.78 is 17.8. The van der Waals surface area contributed by atoms with Gasteiger partial charge in [-0.1, -0.05) is 36.4 Å². The Balaban J connectivity index is 1.41. The van der Waals surface area contributed by atoms with Crippen LogP contribution in [0.25, 0.3) is 89.8 Å². The SMILES string of the molecule is COc1ccc(-c2c3ccc([nH]3)c3nc(c(-c4ccc(C#N)cc4)c4ccc([nH]4)c4ccc([nH]4)c(-c4ccc(OC)cc4)c4ccc2o4)C=C3)cc1. The van der Waals surface area contributed by atoms with Gasteiger partial charge in [-0.2, -0.15) is 5.26 Å². The number of hydrogen-bond acceptors (Lipinski definition) is 5. The Bertz CT molecular complexity index is 2860. The first-order chi connectivity index (χ1) is 25.6. The Morgan fingerprint density at radius 1 is 0.481 bits per heavy atom. The monoisotopic (exact) mass is 677 g/mol. The van der Waals surface area contributed by atoms with Gasteiger partial charge < -0.3 is 28.8 Å². The second kappa shape index (κ2) is 12.6. The Morgan fingerprint density at radius 2 is 0.904 bits per heavy atom. The summed E-state index contributed by atoms with van der Waals surface area (Å²) in [6, 6.07) is 42.3. The Labute approximate surface area is 298 Å². The number of rotatable bonds is 5. The number of nitriles is 1. The van der Waals surface area contributed by atoms with E-state index in [2.05, 4.69) is 51.4 Å². The second-order valence-corrected chi connectivity index (χ2v) is 12.5. The van der Waals surface area contributed by atoms with Crippen LogP contribution in [0.2, 0.25) is 0 Å². The van der Waals surface area contributed by atoms with Crippen molar-refractivity contribution in [3.63, 3.8) is 0 Å². The van der Waals surface area contributed by atoms with Crippen molar-refractivity contribution >= 4 is 56.4 Å². The molecule has 0 fully saturated rings. The maximum atomic E-state index is 9.48. The summed E-state index contributed by atoms with van der Waals surface area (Å²) in [4.78, 5) is 16.1. The van der Waals surface area contributed by atoms with E-state index < -0.39 is 0 Å². The summed E-state index contributed by atoms with van der Waals surface area (Å²) in [5.74, 6) is 1.54. The summed E-state index contributed by atoms with van der Waals surface area (Å²) in [5, 5.41) is 9.48. The zero-order valence-corrected chi connectivity index (χ0v) is 28.3.